The van der Waals surface area contributed by atoms with Crippen LogP contribution in [0.15, 0.2) is 53.8 Å². The predicted molar refractivity (Wildman–Crippen MR) is 106 cm³/mol. The van der Waals surface area contributed by atoms with Gasteiger partial charge >= 0.3 is 0 Å². The average Bonchev–Trinajstić information content (AvgIpc) is 3.12. The van der Waals surface area contributed by atoms with Gasteiger partial charge in [-0.2, -0.15) is 0 Å². The van der Waals surface area contributed by atoms with Gasteiger partial charge in [-0.3, -0.25) is 9.55 Å². The SMILES string of the molecule is Cc1ccc(-n2c(SCc3ccccn3)nnc2N2CCCCC2)cc1. The van der Waals surface area contributed by atoms with Crippen LogP contribution in [0.25, 0.3) is 5.69 Å². The summed E-state index contributed by atoms with van der Waals surface area (Å²) in [7, 11) is 0. The number of aryl methyl sites for hydroxylation is 1. The van der Waals surface area contributed by atoms with Gasteiger partial charge in [0.25, 0.3) is 0 Å². The van der Waals surface area contributed by atoms with Crippen molar-refractivity contribution >= 4 is 17.7 Å². The van der Waals surface area contributed by atoms with E-state index in [0.717, 1.165) is 41.3 Å². The summed E-state index contributed by atoms with van der Waals surface area (Å²) >= 11 is 1.68. The van der Waals surface area contributed by atoms with E-state index in [1.165, 1.54) is 24.8 Å². The summed E-state index contributed by atoms with van der Waals surface area (Å²) in [5.41, 5.74) is 3.42. The van der Waals surface area contributed by atoms with Crippen molar-refractivity contribution in [3.8, 4) is 5.69 Å². The minimum atomic E-state index is 0.783. The maximum Gasteiger partial charge on any atom is 0.232 e. The fourth-order valence-corrected chi connectivity index (χ4v) is 4.06. The lowest BCUT2D eigenvalue weighted by molar-refractivity contribution is 0.564. The summed E-state index contributed by atoms with van der Waals surface area (Å²) in [4.78, 5) is 6.78. The number of thioether (sulfide) groups is 1. The van der Waals surface area contributed by atoms with Crippen molar-refractivity contribution in [2.75, 3.05) is 18.0 Å². The molecule has 1 aliphatic heterocycles. The van der Waals surface area contributed by atoms with Crippen LogP contribution in [0.1, 0.15) is 30.5 Å². The molecule has 0 unspecified atom stereocenters. The largest absolute Gasteiger partial charge is 0.341 e. The van der Waals surface area contributed by atoms with Gasteiger partial charge in [0.05, 0.1) is 11.4 Å². The number of pyridine rings is 1. The summed E-state index contributed by atoms with van der Waals surface area (Å²) in [6, 6.07) is 14.6. The van der Waals surface area contributed by atoms with E-state index < -0.39 is 0 Å². The first-order valence-corrected chi connectivity index (χ1v) is 10.1. The molecule has 1 aliphatic rings. The van der Waals surface area contributed by atoms with Crippen LogP contribution in [0.4, 0.5) is 5.95 Å². The second kappa shape index (κ2) is 7.91. The fraction of sp³-hybridized carbons (Fsp3) is 0.350. The topological polar surface area (TPSA) is 46.8 Å². The molecule has 134 valence electrons. The third kappa shape index (κ3) is 3.75. The molecule has 26 heavy (non-hydrogen) atoms. The summed E-state index contributed by atoms with van der Waals surface area (Å²) in [6.07, 6.45) is 5.57. The molecule has 0 aliphatic carbocycles. The van der Waals surface area contributed by atoms with E-state index in [1.807, 2.05) is 24.4 Å². The van der Waals surface area contributed by atoms with E-state index in [9.17, 15) is 0 Å². The number of anilines is 1. The molecule has 4 rings (SSSR count). The fourth-order valence-electron chi connectivity index (χ4n) is 3.20. The van der Waals surface area contributed by atoms with Gasteiger partial charge in [-0.15, -0.1) is 10.2 Å². The standard InChI is InChI=1S/C20H23N5S/c1-16-8-10-18(11-9-16)25-19(24-13-5-2-6-14-24)22-23-20(25)26-15-17-7-3-4-12-21-17/h3-4,7-12H,2,5-6,13-15H2,1H3. The Labute approximate surface area is 158 Å². The van der Waals surface area contributed by atoms with Crippen molar-refractivity contribution in [1.82, 2.24) is 19.7 Å². The van der Waals surface area contributed by atoms with Crippen LogP contribution in [-0.2, 0) is 5.75 Å². The summed E-state index contributed by atoms with van der Waals surface area (Å²) in [5.74, 6) is 1.74. The molecule has 0 amide bonds. The Morgan fingerprint density at radius 2 is 1.77 bits per heavy atom. The molecule has 1 aromatic carbocycles. The summed E-state index contributed by atoms with van der Waals surface area (Å²) in [5, 5.41) is 9.98. The number of rotatable bonds is 5. The molecule has 6 heteroatoms. The maximum absolute atomic E-state index is 4.55. The van der Waals surface area contributed by atoms with Crippen LogP contribution < -0.4 is 4.90 Å². The molecule has 1 saturated heterocycles. The first-order chi connectivity index (χ1) is 12.8. The molecule has 0 saturated carbocycles. The lowest BCUT2D eigenvalue weighted by Crippen LogP contribution is -2.31. The Hall–Kier alpha value is -2.34. The van der Waals surface area contributed by atoms with Crippen molar-refractivity contribution in [3.05, 3.63) is 59.9 Å². The normalized spacial score (nSPS) is 14.6. The van der Waals surface area contributed by atoms with Gasteiger partial charge in [0.1, 0.15) is 0 Å². The monoisotopic (exact) mass is 365 g/mol. The molecule has 0 bridgehead atoms. The number of piperidine rings is 1. The molecule has 3 aromatic rings. The quantitative estimate of drug-likeness (QED) is 0.633. The van der Waals surface area contributed by atoms with Gasteiger partial charge in [0.2, 0.25) is 5.95 Å². The molecule has 5 nitrogen and oxygen atoms in total. The number of benzene rings is 1. The van der Waals surface area contributed by atoms with Crippen molar-refractivity contribution in [1.29, 1.82) is 0 Å². The summed E-state index contributed by atoms with van der Waals surface area (Å²) in [6.45, 7) is 4.21. The van der Waals surface area contributed by atoms with E-state index in [4.69, 9.17) is 0 Å². The summed E-state index contributed by atoms with van der Waals surface area (Å²) < 4.78 is 2.19. The lowest BCUT2D eigenvalue weighted by atomic mass is 10.1. The van der Waals surface area contributed by atoms with Crippen LogP contribution in [0, 0.1) is 6.92 Å². The van der Waals surface area contributed by atoms with Crippen molar-refractivity contribution in [2.45, 2.75) is 37.1 Å². The van der Waals surface area contributed by atoms with Crippen LogP contribution in [0.3, 0.4) is 0 Å². The van der Waals surface area contributed by atoms with Crippen LogP contribution in [0.5, 0.6) is 0 Å². The highest BCUT2D eigenvalue weighted by Gasteiger charge is 2.21. The highest BCUT2D eigenvalue weighted by atomic mass is 32.2. The molecule has 0 spiro atoms. The molecule has 0 radical (unpaired) electrons. The number of hydrogen-bond donors (Lipinski definition) is 0. The zero-order chi connectivity index (χ0) is 17.8. The lowest BCUT2D eigenvalue weighted by Gasteiger charge is -2.27. The number of nitrogens with zero attached hydrogens (tertiary/aromatic N) is 5. The number of hydrogen-bond acceptors (Lipinski definition) is 5. The zero-order valence-corrected chi connectivity index (χ0v) is 15.8. The van der Waals surface area contributed by atoms with Crippen molar-refractivity contribution < 1.29 is 0 Å². The van der Waals surface area contributed by atoms with Gasteiger partial charge in [-0.25, -0.2) is 0 Å². The molecule has 0 atom stereocenters. The first kappa shape index (κ1) is 17.1. The van der Waals surface area contributed by atoms with E-state index >= 15 is 0 Å². The molecule has 2 aromatic heterocycles. The van der Waals surface area contributed by atoms with Crippen molar-refractivity contribution in [3.63, 3.8) is 0 Å². The second-order valence-electron chi connectivity index (χ2n) is 6.61. The van der Waals surface area contributed by atoms with Crippen LogP contribution >= 0.6 is 11.8 Å². The third-order valence-corrected chi connectivity index (χ3v) is 5.59. The molecule has 3 heterocycles. The van der Waals surface area contributed by atoms with Gasteiger partial charge < -0.3 is 4.90 Å². The average molecular weight is 366 g/mol. The van der Waals surface area contributed by atoms with Crippen LogP contribution in [-0.4, -0.2) is 32.8 Å². The highest BCUT2D eigenvalue weighted by Crippen LogP contribution is 2.29. The Morgan fingerprint density at radius 1 is 0.962 bits per heavy atom. The van der Waals surface area contributed by atoms with E-state index in [0.29, 0.717) is 0 Å². The predicted octanol–water partition coefficient (Wildman–Crippen LogP) is 4.25. The highest BCUT2D eigenvalue weighted by molar-refractivity contribution is 7.98. The minimum Gasteiger partial charge on any atom is -0.341 e. The van der Waals surface area contributed by atoms with Crippen molar-refractivity contribution in [2.24, 2.45) is 0 Å². The smallest absolute Gasteiger partial charge is 0.232 e. The zero-order valence-electron chi connectivity index (χ0n) is 15.0. The molecule has 1 fully saturated rings. The Balaban J connectivity index is 1.66. The van der Waals surface area contributed by atoms with Gasteiger partial charge in [0.15, 0.2) is 5.16 Å². The molecular formula is C20H23N5S. The van der Waals surface area contributed by atoms with Crippen LogP contribution in [0.2, 0.25) is 0 Å². The van der Waals surface area contributed by atoms with E-state index in [1.54, 1.807) is 11.8 Å². The van der Waals surface area contributed by atoms with E-state index in [2.05, 4.69) is 55.8 Å². The first-order valence-electron chi connectivity index (χ1n) is 9.11. The van der Waals surface area contributed by atoms with Gasteiger partial charge in [-0.05, 0) is 50.5 Å². The van der Waals surface area contributed by atoms with Gasteiger partial charge in [0, 0.05) is 25.0 Å². The Bertz CT molecular complexity index is 838. The third-order valence-electron chi connectivity index (χ3n) is 4.62. The minimum absolute atomic E-state index is 0.783. The molecule has 0 N–H and O–H groups in total. The molecular weight excluding hydrogens is 342 g/mol. The maximum atomic E-state index is 4.55. The Kier molecular flexibility index (Phi) is 5.20. The Morgan fingerprint density at radius 3 is 2.50 bits per heavy atom. The second-order valence-corrected chi connectivity index (χ2v) is 7.55. The van der Waals surface area contributed by atoms with E-state index in [-0.39, 0.29) is 0 Å². The number of aromatic nitrogens is 4. The van der Waals surface area contributed by atoms with Gasteiger partial charge in [-0.1, -0.05) is 35.5 Å².